The molecule has 3 fully saturated rings. The van der Waals surface area contributed by atoms with Gasteiger partial charge in [-0.2, -0.15) is 0 Å². The van der Waals surface area contributed by atoms with Crippen molar-refractivity contribution in [3.05, 3.63) is 53.2 Å². The average molecular weight is 386 g/mol. The van der Waals surface area contributed by atoms with Crippen LogP contribution < -0.4 is 4.90 Å². The van der Waals surface area contributed by atoms with Gasteiger partial charge < -0.3 is 19.2 Å². The zero-order chi connectivity index (χ0) is 19.1. The Morgan fingerprint density at radius 3 is 2.46 bits per heavy atom. The second-order valence-electron chi connectivity index (χ2n) is 8.30. The molecule has 28 heavy (non-hydrogen) atoms. The molecule has 1 aromatic heterocycles. The molecule has 2 saturated heterocycles. The van der Waals surface area contributed by atoms with Crippen LogP contribution in [0.1, 0.15) is 17.1 Å². The minimum Gasteiger partial charge on any atom is -0.462 e. The summed E-state index contributed by atoms with van der Waals surface area (Å²) in [5.74, 6) is 3.55. The van der Waals surface area contributed by atoms with Crippen molar-refractivity contribution in [2.45, 2.75) is 19.6 Å². The number of fused-ring (bicyclic) bond motifs is 1. The number of hydrogen-bond donors (Lipinski definition) is 1. The van der Waals surface area contributed by atoms with Gasteiger partial charge in [-0.3, -0.25) is 4.90 Å². The van der Waals surface area contributed by atoms with Gasteiger partial charge in [0.15, 0.2) is 0 Å². The molecule has 0 radical (unpaired) electrons. The largest absolute Gasteiger partial charge is 0.462 e. The van der Waals surface area contributed by atoms with E-state index >= 15 is 0 Å². The number of furan rings is 1. The second kappa shape index (κ2) is 7.50. The highest BCUT2D eigenvalue weighted by atomic mass is 19.1. The Morgan fingerprint density at radius 2 is 1.79 bits per heavy atom. The summed E-state index contributed by atoms with van der Waals surface area (Å²) in [4.78, 5) is 4.50. The number of ether oxygens (including phenoxy) is 1. The fraction of sp³-hybridized carbons (Fsp3) is 0.545. The standard InChI is InChI=1S/C22H27FN2O3/c23-21-10-15(1-4-22(21)25-5-7-27-8-6-25)9-18-19-12-24(13-20(18)19)11-16-2-3-17(14-26)28-16/h1-4,10,18-20,26H,5-9,11-14H2. The number of halogens is 1. The summed E-state index contributed by atoms with van der Waals surface area (Å²) in [6.07, 6.45) is 0.971. The second-order valence-corrected chi connectivity index (χ2v) is 8.30. The summed E-state index contributed by atoms with van der Waals surface area (Å²) in [5, 5.41) is 9.10. The van der Waals surface area contributed by atoms with Crippen LogP contribution in [0.25, 0.3) is 0 Å². The number of hydrogen-bond acceptors (Lipinski definition) is 5. The van der Waals surface area contributed by atoms with Crippen LogP contribution in [-0.2, 0) is 24.3 Å². The number of aliphatic hydroxyl groups excluding tert-OH is 1. The summed E-state index contributed by atoms with van der Waals surface area (Å²) in [5.41, 5.74) is 1.81. The zero-order valence-corrected chi connectivity index (χ0v) is 16.0. The number of anilines is 1. The number of benzene rings is 1. The molecule has 0 bridgehead atoms. The topological polar surface area (TPSA) is 49.1 Å². The fourth-order valence-electron chi connectivity index (χ4n) is 4.99. The summed E-state index contributed by atoms with van der Waals surface area (Å²) < 4.78 is 25.6. The normalized spacial score (nSPS) is 27.2. The van der Waals surface area contributed by atoms with Crippen molar-refractivity contribution < 1.29 is 18.7 Å². The minimum absolute atomic E-state index is 0.0474. The van der Waals surface area contributed by atoms with Gasteiger partial charge in [-0.05, 0) is 54.0 Å². The van der Waals surface area contributed by atoms with Crippen LogP contribution in [0, 0.1) is 23.6 Å². The maximum Gasteiger partial charge on any atom is 0.146 e. The lowest BCUT2D eigenvalue weighted by molar-refractivity contribution is 0.122. The van der Waals surface area contributed by atoms with Crippen molar-refractivity contribution in [3.63, 3.8) is 0 Å². The van der Waals surface area contributed by atoms with E-state index in [1.54, 1.807) is 6.07 Å². The van der Waals surface area contributed by atoms with Crippen LogP contribution >= 0.6 is 0 Å². The van der Waals surface area contributed by atoms with E-state index < -0.39 is 0 Å². The molecule has 2 unspecified atom stereocenters. The summed E-state index contributed by atoms with van der Waals surface area (Å²) in [6, 6.07) is 9.56. The molecule has 1 aliphatic carbocycles. The summed E-state index contributed by atoms with van der Waals surface area (Å²) in [6.45, 7) is 5.78. The zero-order valence-electron chi connectivity index (χ0n) is 16.0. The van der Waals surface area contributed by atoms with Crippen molar-refractivity contribution in [1.29, 1.82) is 0 Å². The van der Waals surface area contributed by atoms with E-state index in [1.165, 1.54) is 0 Å². The van der Waals surface area contributed by atoms with Crippen LogP contribution in [0.5, 0.6) is 0 Å². The molecule has 0 amide bonds. The van der Waals surface area contributed by atoms with Crippen LogP contribution in [0.3, 0.4) is 0 Å². The molecule has 150 valence electrons. The Kier molecular flexibility index (Phi) is 4.87. The third kappa shape index (κ3) is 3.56. The predicted octanol–water partition coefficient (Wildman–Crippen LogP) is 2.67. The Hall–Kier alpha value is -1.89. The SMILES string of the molecule is OCc1ccc(CN2CC3C(Cc4ccc(N5CCOCC5)c(F)c4)C3C2)o1. The van der Waals surface area contributed by atoms with Gasteiger partial charge in [0, 0.05) is 26.2 Å². The van der Waals surface area contributed by atoms with Crippen LogP contribution in [0.4, 0.5) is 10.1 Å². The molecular weight excluding hydrogens is 359 g/mol. The molecule has 5 nitrogen and oxygen atoms in total. The van der Waals surface area contributed by atoms with Gasteiger partial charge in [-0.15, -0.1) is 0 Å². The van der Waals surface area contributed by atoms with E-state index in [0.29, 0.717) is 42.4 Å². The maximum absolute atomic E-state index is 14.6. The molecule has 2 aliphatic heterocycles. The number of nitrogens with zero attached hydrogens (tertiary/aromatic N) is 2. The Balaban J connectivity index is 1.14. The molecule has 1 saturated carbocycles. The molecular formula is C22H27FN2O3. The van der Waals surface area contributed by atoms with Gasteiger partial charge in [0.2, 0.25) is 0 Å². The van der Waals surface area contributed by atoms with Crippen molar-refractivity contribution in [3.8, 4) is 0 Å². The van der Waals surface area contributed by atoms with E-state index in [0.717, 1.165) is 50.5 Å². The van der Waals surface area contributed by atoms with Gasteiger partial charge >= 0.3 is 0 Å². The molecule has 6 heteroatoms. The van der Waals surface area contributed by atoms with Crippen LogP contribution in [-0.4, -0.2) is 49.4 Å². The third-order valence-electron chi connectivity index (χ3n) is 6.53. The van der Waals surface area contributed by atoms with Gasteiger partial charge in [0.1, 0.15) is 23.9 Å². The number of likely N-dealkylation sites (tertiary alicyclic amines) is 1. The van der Waals surface area contributed by atoms with E-state index in [2.05, 4.69) is 15.9 Å². The number of piperidine rings is 1. The van der Waals surface area contributed by atoms with Gasteiger partial charge in [0.05, 0.1) is 25.4 Å². The van der Waals surface area contributed by atoms with Gasteiger partial charge in [-0.25, -0.2) is 4.39 Å². The number of rotatable bonds is 6. The first kappa shape index (κ1) is 18.2. The van der Waals surface area contributed by atoms with Gasteiger partial charge in [0.25, 0.3) is 0 Å². The molecule has 3 aliphatic rings. The van der Waals surface area contributed by atoms with E-state index in [-0.39, 0.29) is 12.4 Å². The number of aliphatic hydroxyl groups is 1. The van der Waals surface area contributed by atoms with E-state index in [1.807, 2.05) is 18.2 Å². The Bertz CT molecular complexity index is 821. The third-order valence-corrected chi connectivity index (χ3v) is 6.53. The molecule has 1 N–H and O–H groups in total. The highest BCUT2D eigenvalue weighted by Gasteiger charge is 2.54. The Labute approximate surface area is 164 Å². The Morgan fingerprint density at radius 1 is 1.04 bits per heavy atom. The maximum atomic E-state index is 14.6. The molecule has 5 rings (SSSR count). The minimum atomic E-state index is -0.107. The highest BCUT2D eigenvalue weighted by Crippen LogP contribution is 2.53. The van der Waals surface area contributed by atoms with Crippen molar-refractivity contribution in [2.24, 2.45) is 17.8 Å². The average Bonchev–Trinajstić information content (AvgIpc) is 3.07. The first-order chi connectivity index (χ1) is 13.7. The molecule has 3 heterocycles. The molecule has 0 spiro atoms. The first-order valence-electron chi connectivity index (χ1n) is 10.2. The smallest absolute Gasteiger partial charge is 0.146 e. The fourth-order valence-corrected chi connectivity index (χ4v) is 4.99. The van der Waals surface area contributed by atoms with Crippen molar-refractivity contribution >= 4 is 5.69 Å². The predicted molar refractivity (Wildman–Crippen MR) is 104 cm³/mol. The van der Waals surface area contributed by atoms with E-state index in [9.17, 15) is 4.39 Å². The van der Waals surface area contributed by atoms with Crippen molar-refractivity contribution in [2.75, 3.05) is 44.3 Å². The highest BCUT2D eigenvalue weighted by molar-refractivity contribution is 5.49. The molecule has 2 atom stereocenters. The summed E-state index contributed by atoms with van der Waals surface area (Å²) in [7, 11) is 0. The van der Waals surface area contributed by atoms with Crippen LogP contribution in [0.2, 0.25) is 0 Å². The molecule has 2 aromatic rings. The lowest BCUT2D eigenvalue weighted by atomic mass is 10.0. The van der Waals surface area contributed by atoms with Gasteiger partial charge in [-0.1, -0.05) is 6.07 Å². The molecule has 1 aromatic carbocycles. The summed E-state index contributed by atoms with van der Waals surface area (Å²) >= 11 is 0. The quantitative estimate of drug-likeness (QED) is 0.827. The number of morpholine rings is 1. The van der Waals surface area contributed by atoms with Crippen molar-refractivity contribution in [1.82, 2.24) is 4.90 Å². The first-order valence-corrected chi connectivity index (χ1v) is 10.2. The van der Waals surface area contributed by atoms with Crippen LogP contribution in [0.15, 0.2) is 34.7 Å². The monoisotopic (exact) mass is 386 g/mol. The van der Waals surface area contributed by atoms with E-state index in [4.69, 9.17) is 14.3 Å². The lowest BCUT2D eigenvalue weighted by Gasteiger charge is -2.29. The lowest BCUT2D eigenvalue weighted by Crippen LogP contribution is -2.36.